The lowest BCUT2D eigenvalue weighted by atomic mass is 9.75. The van der Waals surface area contributed by atoms with Gasteiger partial charge in [0, 0.05) is 21.4 Å². The molecule has 0 saturated carbocycles. The first-order valence-electron chi connectivity index (χ1n) is 10.4. The van der Waals surface area contributed by atoms with Crippen LogP contribution in [-0.4, -0.2) is 17.6 Å². The summed E-state index contributed by atoms with van der Waals surface area (Å²) in [4.78, 5) is 11.9. The number of hydrogen-bond donors (Lipinski definition) is 0. The lowest BCUT2D eigenvalue weighted by Gasteiger charge is -2.31. The van der Waals surface area contributed by atoms with Gasteiger partial charge in [0.2, 0.25) is 6.04 Å². The molecule has 0 radical (unpaired) electrons. The van der Waals surface area contributed by atoms with E-state index in [0.29, 0.717) is 27.8 Å². The minimum Gasteiger partial charge on any atom is -0.489 e. The highest BCUT2D eigenvalue weighted by Crippen LogP contribution is 2.44. The van der Waals surface area contributed by atoms with E-state index in [4.69, 9.17) is 33.2 Å². The highest BCUT2D eigenvalue weighted by atomic mass is 35.5. The van der Waals surface area contributed by atoms with Gasteiger partial charge in [0.05, 0.1) is 17.6 Å². The van der Waals surface area contributed by atoms with Crippen LogP contribution in [0.1, 0.15) is 35.4 Å². The fraction of sp³-hybridized carbons (Fsp3) is 0.192. The second kappa shape index (κ2) is 10.1. The Balaban J connectivity index is 1.71. The first-order valence-corrected chi connectivity index (χ1v) is 11.2. The van der Waals surface area contributed by atoms with Crippen molar-refractivity contribution in [1.82, 2.24) is 0 Å². The number of nitriles is 1. The number of hydrogen-bond acceptors (Lipinski definition) is 4. The highest BCUT2D eigenvalue weighted by molar-refractivity contribution is 6.35. The number of benzene rings is 3. The fourth-order valence-corrected chi connectivity index (χ4v) is 4.81. The second-order valence-corrected chi connectivity index (χ2v) is 8.75. The summed E-state index contributed by atoms with van der Waals surface area (Å²) >= 11 is 12.5. The van der Waals surface area contributed by atoms with Gasteiger partial charge in [0.15, 0.2) is 0 Å². The Bertz CT molecular complexity index is 1230. The normalized spacial score (nSPS) is 18.0. The fourth-order valence-electron chi connectivity index (χ4n) is 4.26. The van der Waals surface area contributed by atoms with Gasteiger partial charge < -0.3 is 4.74 Å². The Kier molecular flexibility index (Phi) is 6.98. The van der Waals surface area contributed by atoms with E-state index in [1.54, 1.807) is 42.5 Å². The molecule has 0 bridgehead atoms. The molecule has 4 rings (SSSR count). The zero-order chi connectivity index (χ0) is 23.4. The van der Waals surface area contributed by atoms with Gasteiger partial charge in [-0.2, -0.15) is 5.26 Å². The molecule has 0 N–H and O–H groups in total. The molecule has 7 heteroatoms. The quantitative estimate of drug-likeness (QED) is 0.284. The summed E-state index contributed by atoms with van der Waals surface area (Å²) in [6, 6.07) is 23.0. The van der Waals surface area contributed by atoms with Crippen LogP contribution in [0.3, 0.4) is 0 Å². The third-order valence-corrected chi connectivity index (χ3v) is 6.48. The molecule has 3 aromatic carbocycles. The Labute approximate surface area is 202 Å². The Hall–Kier alpha value is -3.33. The summed E-state index contributed by atoms with van der Waals surface area (Å²) in [5, 5.41) is 22.0. The molecule has 0 aromatic heterocycles. The standard InChI is InChI=1S/C26H20Cl2N2O3/c27-20-8-11-22(25(28)13-20)24-14-23(18-4-2-1-3-5-18)19(12-26(24)30(31)32)16-33-21-9-6-17(15-29)7-10-21/h1-11,13,24,26H,12,14,16H2. The van der Waals surface area contributed by atoms with Crippen LogP contribution >= 0.6 is 23.2 Å². The van der Waals surface area contributed by atoms with Crippen LogP contribution in [0.15, 0.2) is 78.4 Å². The number of nitro groups is 1. The Morgan fingerprint density at radius 3 is 2.39 bits per heavy atom. The highest BCUT2D eigenvalue weighted by Gasteiger charge is 2.40. The molecular weight excluding hydrogens is 459 g/mol. The Morgan fingerprint density at radius 1 is 1.03 bits per heavy atom. The van der Waals surface area contributed by atoms with E-state index >= 15 is 0 Å². The van der Waals surface area contributed by atoms with Crippen molar-refractivity contribution in [2.45, 2.75) is 24.8 Å². The minimum atomic E-state index is -0.837. The zero-order valence-electron chi connectivity index (χ0n) is 17.6. The number of halogens is 2. The SMILES string of the molecule is N#Cc1ccc(OCC2=C(c3ccccc3)CC(c3ccc(Cl)cc3Cl)C([N+](=O)[O-])C2)cc1. The molecule has 0 saturated heterocycles. The van der Waals surface area contributed by atoms with Crippen molar-refractivity contribution in [3.8, 4) is 11.8 Å². The van der Waals surface area contributed by atoms with E-state index in [9.17, 15) is 10.1 Å². The van der Waals surface area contributed by atoms with Crippen molar-refractivity contribution in [1.29, 1.82) is 5.26 Å². The summed E-state index contributed by atoms with van der Waals surface area (Å²) in [7, 11) is 0. The van der Waals surface area contributed by atoms with Crippen LogP contribution in [0.25, 0.3) is 5.57 Å². The first-order chi connectivity index (χ1) is 16.0. The second-order valence-electron chi connectivity index (χ2n) is 7.91. The summed E-state index contributed by atoms with van der Waals surface area (Å²) in [6.45, 7) is 0.224. The van der Waals surface area contributed by atoms with Crippen LogP contribution < -0.4 is 4.74 Å². The molecule has 2 atom stereocenters. The van der Waals surface area contributed by atoms with E-state index in [1.807, 2.05) is 30.3 Å². The summed E-state index contributed by atoms with van der Waals surface area (Å²) in [5.41, 5.74) is 4.18. The molecular formula is C26H20Cl2N2O3. The van der Waals surface area contributed by atoms with Gasteiger partial charge in [-0.1, -0.05) is 59.6 Å². The van der Waals surface area contributed by atoms with Crippen molar-refractivity contribution >= 4 is 28.8 Å². The molecule has 1 aliphatic rings. The van der Waals surface area contributed by atoms with Gasteiger partial charge >= 0.3 is 0 Å². The van der Waals surface area contributed by atoms with Crippen molar-refractivity contribution in [2.24, 2.45) is 0 Å². The van der Waals surface area contributed by atoms with Crippen LogP contribution in [0.2, 0.25) is 10.0 Å². The molecule has 0 amide bonds. The lowest BCUT2D eigenvalue weighted by molar-refractivity contribution is -0.526. The van der Waals surface area contributed by atoms with Gasteiger partial charge in [0.1, 0.15) is 12.4 Å². The molecule has 0 spiro atoms. The lowest BCUT2D eigenvalue weighted by Crippen LogP contribution is -2.33. The van der Waals surface area contributed by atoms with E-state index < -0.39 is 12.0 Å². The van der Waals surface area contributed by atoms with Crippen molar-refractivity contribution in [2.75, 3.05) is 6.61 Å². The number of ether oxygens (including phenoxy) is 1. The number of allylic oxidation sites excluding steroid dienone is 1. The van der Waals surface area contributed by atoms with Crippen LogP contribution in [-0.2, 0) is 0 Å². The molecule has 0 heterocycles. The maximum Gasteiger partial charge on any atom is 0.224 e. The number of nitrogens with zero attached hydrogens (tertiary/aromatic N) is 2. The molecule has 0 aliphatic heterocycles. The molecule has 166 valence electrons. The number of rotatable bonds is 6. The predicted molar refractivity (Wildman–Crippen MR) is 129 cm³/mol. The van der Waals surface area contributed by atoms with Gasteiger partial charge in [-0.15, -0.1) is 0 Å². The predicted octanol–water partition coefficient (Wildman–Crippen LogP) is 6.92. The molecule has 1 aliphatic carbocycles. The largest absolute Gasteiger partial charge is 0.489 e. The van der Waals surface area contributed by atoms with E-state index in [0.717, 1.165) is 22.3 Å². The van der Waals surface area contributed by atoms with Crippen molar-refractivity contribution in [3.05, 3.63) is 115 Å². The van der Waals surface area contributed by atoms with Crippen LogP contribution in [0, 0.1) is 21.4 Å². The van der Waals surface area contributed by atoms with Crippen LogP contribution in [0.5, 0.6) is 5.75 Å². The smallest absolute Gasteiger partial charge is 0.224 e. The van der Waals surface area contributed by atoms with E-state index in [2.05, 4.69) is 6.07 Å². The van der Waals surface area contributed by atoms with Gasteiger partial charge in [0.25, 0.3) is 0 Å². The van der Waals surface area contributed by atoms with Crippen molar-refractivity contribution in [3.63, 3.8) is 0 Å². The average molecular weight is 479 g/mol. The summed E-state index contributed by atoms with van der Waals surface area (Å²) < 4.78 is 5.97. The molecule has 5 nitrogen and oxygen atoms in total. The average Bonchev–Trinajstić information content (AvgIpc) is 2.83. The van der Waals surface area contributed by atoms with Crippen molar-refractivity contribution < 1.29 is 9.66 Å². The van der Waals surface area contributed by atoms with Crippen LogP contribution in [0.4, 0.5) is 0 Å². The Morgan fingerprint density at radius 2 is 1.76 bits per heavy atom. The topological polar surface area (TPSA) is 76.2 Å². The molecule has 2 unspecified atom stereocenters. The zero-order valence-corrected chi connectivity index (χ0v) is 19.1. The molecule has 0 fully saturated rings. The van der Waals surface area contributed by atoms with E-state index in [-0.39, 0.29) is 18.0 Å². The monoisotopic (exact) mass is 478 g/mol. The minimum absolute atomic E-state index is 0.223. The maximum atomic E-state index is 12.1. The third kappa shape index (κ3) is 5.19. The van der Waals surface area contributed by atoms with Gasteiger partial charge in [-0.25, -0.2) is 0 Å². The molecule has 33 heavy (non-hydrogen) atoms. The molecule has 3 aromatic rings. The summed E-state index contributed by atoms with van der Waals surface area (Å²) in [5.74, 6) is 0.216. The van der Waals surface area contributed by atoms with Gasteiger partial charge in [-0.05, 0) is 65.1 Å². The third-order valence-electron chi connectivity index (χ3n) is 5.92. The maximum absolute atomic E-state index is 12.1. The summed E-state index contributed by atoms with van der Waals surface area (Å²) in [6.07, 6.45) is 0.709. The van der Waals surface area contributed by atoms with Gasteiger partial charge in [-0.3, -0.25) is 10.1 Å². The first kappa shape index (κ1) is 22.8. The van der Waals surface area contributed by atoms with E-state index in [1.165, 1.54) is 0 Å².